The van der Waals surface area contributed by atoms with Crippen LogP contribution < -0.4 is 5.32 Å². The normalized spacial score (nSPS) is 12.6. The zero-order valence-electron chi connectivity index (χ0n) is 10.6. The predicted molar refractivity (Wildman–Crippen MR) is 78.2 cm³/mol. The van der Waals surface area contributed by atoms with Gasteiger partial charge in [-0.3, -0.25) is 0 Å². The molecule has 4 heteroatoms. The van der Waals surface area contributed by atoms with Gasteiger partial charge in [0.1, 0.15) is 0 Å². The highest BCUT2D eigenvalue weighted by Gasteiger charge is 2.09. The van der Waals surface area contributed by atoms with Crippen molar-refractivity contribution in [1.82, 2.24) is 10.3 Å². The summed E-state index contributed by atoms with van der Waals surface area (Å²) in [5, 5.41) is 7.54. The molecular formula is C14H17ClN2S. The summed E-state index contributed by atoms with van der Waals surface area (Å²) < 4.78 is 0. The number of rotatable bonds is 5. The molecule has 1 aromatic carbocycles. The second-order valence-corrected chi connectivity index (χ2v) is 5.75. The third-order valence-electron chi connectivity index (χ3n) is 2.88. The number of aromatic nitrogens is 1. The van der Waals surface area contributed by atoms with Crippen LogP contribution in [0.5, 0.6) is 0 Å². The first-order valence-corrected chi connectivity index (χ1v) is 7.34. The SMILES string of the molecule is CCC(NCc1csc(C)n1)c1ccc(Cl)cc1. The van der Waals surface area contributed by atoms with E-state index in [4.69, 9.17) is 11.6 Å². The maximum absolute atomic E-state index is 5.91. The highest BCUT2D eigenvalue weighted by molar-refractivity contribution is 7.09. The van der Waals surface area contributed by atoms with Crippen molar-refractivity contribution in [3.05, 3.63) is 50.9 Å². The molecule has 2 nitrogen and oxygen atoms in total. The van der Waals surface area contributed by atoms with Crippen LogP contribution >= 0.6 is 22.9 Å². The van der Waals surface area contributed by atoms with Crippen LogP contribution in [-0.4, -0.2) is 4.98 Å². The van der Waals surface area contributed by atoms with E-state index >= 15 is 0 Å². The fourth-order valence-electron chi connectivity index (χ4n) is 1.91. The van der Waals surface area contributed by atoms with Crippen LogP contribution in [-0.2, 0) is 6.54 Å². The summed E-state index contributed by atoms with van der Waals surface area (Å²) >= 11 is 7.60. The minimum atomic E-state index is 0.351. The molecule has 0 amide bonds. The van der Waals surface area contributed by atoms with Crippen molar-refractivity contribution < 1.29 is 0 Å². The summed E-state index contributed by atoms with van der Waals surface area (Å²) in [6.07, 6.45) is 1.05. The maximum atomic E-state index is 5.91. The van der Waals surface area contributed by atoms with E-state index in [0.717, 1.165) is 28.7 Å². The van der Waals surface area contributed by atoms with Gasteiger partial charge in [-0.1, -0.05) is 30.7 Å². The summed E-state index contributed by atoms with van der Waals surface area (Å²) in [4.78, 5) is 4.46. The molecule has 0 aliphatic rings. The zero-order chi connectivity index (χ0) is 13.0. The van der Waals surface area contributed by atoms with Crippen LogP contribution in [0, 0.1) is 6.92 Å². The van der Waals surface area contributed by atoms with E-state index in [1.807, 2.05) is 19.1 Å². The fraction of sp³-hybridized carbons (Fsp3) is 0.357. The van der Waals surface area contributed by atoms with Crippen molar-refractivity contribution in [2.75, 3.05) is 0 Å². The Morgan fingerprint density at radius 3 is 2.61 bits per heavy atom. The largest absolute Gasteiger partial charge is 0.304 e. The monoisotopic (exact) mass is 280 g/mol. The Bertz CT molecular complexity index is 493. The summed E-state index contributed by atoms with van der Waals surface area (Å²) in [6, 6.07) is 8.39. The average Bonchev–Trinajstić information content (AvgIpc) is 2.78. The molecular weight excluding hydrogens is 264 g/mol. The summed E-state index contributed by atoms with van der Waals surface area (Å²) in [5.41, 5.74) is 2.39. The molecule has 1 N–H and O–H groups in total. The topological polar surface area (TPSA) is 24.9 Å². The van der Waals surface area contributed by atoms with Crippen LogP contribution in [0.15, 0.2) is 29.6 Å². The van der Waals surface area contributed by atoms with Gasteiger partial charge in [0.05, 0.1) is 10.7 Å². The standard InChI is InChI=1S/C14H17ClN2S/c1-3-14(11-4-6-12(15)7-5-11)16-8-13-9-18-10(2)17-13/h4-7,9,14,16H,3,8H2,1-2H3. The van der Waals surface area contributed by atoms with Crippen molar-refractivity contribution in [1.29, 1.82) is 0 Å². The zero-order valence-corrected chi connectivity index (χ0v) is 12.2. The molecule has 0 radical (unpaired) electrons. The summed E-state index contributed by atoms with van der Waals surface area (Å²) in [5.74, 6) is 0. The smallest absolute Gasteiger partial charge is 0.0897 e. The first-order valence-electron chi connectivity index (χ1n) is 6.09. The van der Waals surface area contributed by atoms with Gasteiger partial charge in [-0.25, -0.2) is 4.98 Å². The number of nitrogens with one attached hydrogen (secondary N) is 1. The molecule has 2 aromatic rings. The van der Waals surface area contributed by atoms with Gasteiger partial charge in [-0.05, 0) is 31.0 Å². The van der Waals surface area contributed by atoms with Crippen molar-refractivity contribution >= 4 is 22.9 Å². The number of nitrogens with zero attached hydrogens (tertiary/aromatic N) is 1. The minimum absolute atomic E-state index is 0.351. The summed E-state index contributed by atoms with van der Waals surface area (Å²) in [7, 11) is 0. The third-order valence-corrected chi connectivity index (χ3v) is 3.95. The van der Waals surface area contributed by atoms with Gasteiger partial charge in [0.25, 0.3) is 0 Å². The molecule has 0 aliphatic carbocycles. The number of aryl methyl sites for hydroxylation is 1. The van der Waals surface area contributed by atoms with Gasteiger partial charge in [0, 0.05) is 23.0 Å². The van der Waals surface area contributed by atoms with Crippen LogP contribution in [0.1, 0.15) is 35.7 Å². The number of hydrogen-bond donors (Lipinski definition) is 1. The Hall–Kier alpha value is -0.900. The Labute approximate surface area is 117 Å². The first-order chi connectivity index (χ1) is 8.69. The number of halogens is 1. The molecule has 0 saturated carbocycles. The fourth-order valence-corrected chi connectivity index (χ4v) is 2.65. The number of thiazole rings is 1. The Morgan fingerprint density at radius 2 is 2.06 bits per heavy atom. The van der Waals surface area contributed by atoms with Crippen molar-refractivity contribution in [3.8, 4) is 0 Å². The van der Waals surface area contributed by atoms with E-state index in [9.17, 15) is 0 Å². The molecule has 2 rings (SSSR count). The van der Waals surface area contributed by atoms with Gasteiger partial charge < -0.3 is 5.32 Å². The van der Waals surface area contributed by atoms with E-state index in [1.54, 1.807) is 11.3 Å². The highest BCUT2D eigenvalue weighted by atomic mass is 35.5. The van der Waals surface area contributed by atoms with Crippen LogP contribution in [0.25, 0.3) is 0 Å². The Balaban J connectivity index is 1.99. The van der Waals surface area contributed by atoms with Gasteiger partial charge in [-0.15, -0.1) is 11.3 Å². The minimum Gasteiger partial charge on any atom is -0.304 e. The molecule has 18 heavy (non-hydrogen) atoms. The van der Waals surface area contributed by atoms with E-state index in [-0.39, 0.29) is 0 Å². The summed E-state index contributed by atoms with van der Waals surface area (Å²) in [6.45, 7) is 5.02. The lowest BCUT2D eigenvalue weighted by molar-refractivity contribution is 0.515. The van der Waals surface area contributed by atoms with Crippen molar-refractivity contribution in [2.24, 2.45) is 0 Å². The van der Waals surface area contributed by atoms with Gasteiger partial charge in [-0.2, -0.15) is 0 Å². The lowest BCUT2D eigenvalue weighted by Crippen LogP contribution is -2.20. The van der Waals surface area contributed by atoms with Crippen molar-refractivity contribution in [3.63, 3.8) is 0 Å². The molecule has 0 saturated heterocycles. The average molecular weight is 281 g/mol. The Kier molecular flexibility index (Phi) is 4.75. The number of hydrogen-bond acceptors (Lipinski definition) is 3. The van der Waals surface area contributed by atoms with E-state index < -0.39 is 0 Å². The van der Waals surface area contributed by atoms with Crippen LogP contribution in [0.3, 0.4) is 0 Å². The van der Waals surface area contributed by atoms with Gasteiger partial charge >= 0.3 is 0 Å². The van der Waals surface area contributed by atoms with Crippen molar-refractivity contribution in [2.45, 2.75) is 32.9 Å². The van der Waals surface area contributed by atoms with Gasteiger partial charge in [0.2, 0.25) is 0 Å². The molecule has 1 unspecified atom stereocenters. The molecule has 0 fully saturated rings. The lowest BCUT2D eigenvalue weighted by Gasteiger charge is -2.16. The second-order valence-electron chi connectivity index (χ2n) is 4.25. The molecule has 0 bridgehead atoms. The molecule has 96 valence electrons. The van der Waals surface area contributed by atoms with Crippen LogP contribution in [0.2, 0.25) is 5.02 Å². The second kappa shape index (κ2) is 6.32. The van der Waals surface area contributed by atoms with E-state index in [1.165, 1.54) is 5.56 Å². The molecule has 1 atom stereocenters. The van der Waals surface area contributed by atoms with E-state index in [2.05, 4.69) is 34.7 Å². The Morgan fingerprint density at radius 1 is 1.33 bits per heavy atom. The molecule has 0 spiro atoms. The maximum Gasteiger partial charge on any atom is 0.0897 e. The number of benzene rings is 1. The van der Waals surface area contributed by atoms with Crippen LogP contribution in [0.4, 0.5) is 0 Å². The highest BCUT2D eigenvalue weighted by Crippen LogP contribution is 2.20. The molecule has 0 aliphatic heterocycles. The predicted octanol–water partition coefficient (Wildman–Crippen LogP) is 4.35. The van der Waals surface area contributed by atoms with Gasteiger partial charge in [0.15, 0.2) is 0 Å². The molecule has 1 aromatic heterocycles. The quantitative estimate of drug-likeness (QED) is 0.881. The first kappa shape index (κ1) is 13.5. The molecule has 1 heterocycles. The van der Waals surface area contributed by atoms with E-state index in [0.29, 0.717) is 6.04 Å². The third kappa shape index (κ3) is 3.55. The lowest BCUT2D eigenvalue weighted by atomic mass is 10.0.